The largest absolute Gasteiger partial charge is 0.347 e. The van der Waals surface area contributed by atoms with Crippen LogP contribution in [0.5, 0.6) is 0 Å². The summed E-state index contributed by atoms with van der Waals surface area (Å²) in [6.07, 6.45) is 9.84. The molecule has 6 nitrogen and oxygen atoms in total. The van der Waals surface area contributed by atoms with Crippen LogP contribution in [0.25, 0.3) is 0 Å². The predicted octanol–water partition coefficient (Wildman–Crippen LogP) is 1.01. The zero-order valence-electron chi connectivity index (χ0n) is 9.59. The van der Waals surface area contributed by atoms with Gasteiger partial charge in [-0.1, -0.05) is 17.5 Å². The monoisotopic (exact) mass is 263 g/mol. The number of halogens is 1. The van der Waals surface area contributed by atoms with Gasteiger partial charge in [-0.05, 0) is 0 Å². The highest BCUT2D eigenvalue weighted by Crippen LogP contribution is 2.19. The third-order valence-electron chi connectivity index (χ3n) is 2.21. The molecule has 0 atom stereocenters. The summed E-state index contributed by atoms with van der Waals surface area (Å²) >= 11 is 5.94. The van der Waals surface area contributed by atoms with E-state index in [4.69, 9.17) is 18.0 Å². The number of aryl methyl sites for hydroxylation is 1. The fourth-order valence-corrected chi connectivity index (χ4v) is 1.58. The maximum absolute atomic E-state index is 12.0. The van der Waals surface area contributed by atoms with E-state index in [2.05, 4.69) is 21.4 Å². The Morgan fingerprint density at radius 2 is 2.28 bits per heavy atom. The van der Waals surface area contributed by atoms with Crippen molar-refractivity contribution in [3.8, 4) is 12.3 Å². The fraction of sp³-hybridized carbons (Fsp3) is 0.182. The molecule has 92 valence electrons. The van der Waals surface area contributed by atoms with E-state index in [1.807, 2.05) is 0 Å². The van der Waals surface area contributed by atoms with Gasteiger partial charge in [-0.3, -0.25) is 9.48 Å². The Bertz CT molecular complexity index is 667. The van der Waals surface area contributed by atoms with Crippen LogP contribution in [0, 0.1) is 12.3 Å². The van der Waals surface area contributed by atoms with Gasteiger partial charge in [-0.25, -0.2) is 4.68 Å². The van der Waals surface area contributed by atoms with Crippen molar-refractivity contribution >= 4 is 23.0 Å². The summed E-state index contributed by atoms with van der Waals surface area (Å²) in [5.74, 6) is 2.35. The molecule has 0 aliphatic heterocycles. The highest BCUT2D eigenvalue weighted by molar-refractivity contribution is 6.33. The van der Waals surface area contributed by atoms with Crippen LogP contribution >= 0.6 is 11.6 Å². The second-order valence-electron chi connectivity index (χ2n) is 3.56. The Morgan fingerprint density at radius 1 is 1.50 bits per heavy atom. The lowest BCUT2D eigenvalue weighted by Crippen LogP contribution is -2.24. The van der Waals surface area contributed by atoms with E-state index in [0.29, 0.717) is 5.69 Å². The molecule has 0 saturated carbocycles. The van der Waals surface area contributed by atoms with Crippen LogP contribution in [-0.4, -0.2) is 19.6 Å². The minimum atomic E-state index is -0.371. The van der Waals surface area contributed by atoms with Gasteiger partial charge in [0.15, 0.2) is 0 Å². The number of nitrogens with one attached hydrogen (secondary N) is 1. The van der Waals surface area contributed by atoms with Crippen molar-refractivity contribution in [2.24, 2.45) is 7.05 Å². The summed E-state index contributed by atoms with van der Waals surface area (Å²) in [5, 5.41) is 11.0. The molecule has 2 aromatic heterocycles. The molecule has 0 bridgehead atoms. The lowest BCUT2D eigenvalue weighted by Gasteiger charge is -2.07. The highest BCUT2D eigenvalue weighted by atomic mass is 35.5. The molecule has 2 heterocycles. The zero-order valence-corrected chi connectivity index (χ0v) is 10.3. The van der Waals surface area contributed by atoms with Gasteiger partial charge < -0.3 is 5.32 Å². The SMILES string of the molecule is C#CCn1ncc(Cl)c(Nc2cnn(C)c2)c1=O. The highest BCUT2D eigenvalue weighted by Gasteiger charge is 2.10. The van der Waals surface area contributed by atoms with Crippen LogP contribution < -0.4 is 10.9 Å². The van der Waals surface area contributed by atoms with E-state index in [0.717, 1.165) is 4.68 Å². The van der Waals surface area contributed by atoms with E-state index >= 15 is 0 Å². The summed E-state index contributed by atoms with van der Waals surface area (Å²) < 4.78 is 2.77. The normalized spacial score (nSPS) is 10.1. The Labute approximate surface area is 108 Å². The van der Waals surface area contributed by atoms with Crippen LogP contribution in [0.3, 0.4) is 0 Å². The van der Waals surface area contributed by atoms with Crippen molar-refractivity contribution in [3.63, 3.8) is 0 Å². The van der Waals surface area contributed by atoms with Crippen molar-refractivity contribution in [1.29, 1.82) is 0 Å². The first-order chi connectivity index (χ1) is 8.61. The number of rotatable bonds is 3. The number of anilines is 2. The summed E-state index contributed by atoms with van der Waals surface area (Å²) in [6, 6.07) is 0. The molecule has 0 saturated heterocycles. The molecule has 0 spiro atoms. The summed E-state index contributed by atoms with van der Waals surface area (Å²) in [7, 11) is 1.77. The molecule has 2 aromatic rings. The van der Waals surface area contributed by atoms with E-state index in [9.17, 15) is 4.79 Å². The van der Waals surface area contributed by atoms with E-state index in [1.54, 1.807) is 24.1 Å². The van der Waals surface area contributed by atoms with Crippen molar-refractivity contribution in [2.75, 3.05) is 5.32 Å². The van der Waals surface area contributed by atoms with Gasteiger partial charge >= 0.3 is 0 Å². The quantitative estimate of drug-likeness (QED) is 0.840. The second kappa shape index (κ2) is 4.94. The van der Waals surface area contributed by atoms with Gasteiger partial charge in [0.05, 0.1) is 23.1 Å². The smallest absolute Gasteiger partial charge is 0.292 e. The minimum absolute atomic E-state index is 0.0950. The molecule has 7 heteroatoms. The van der Waals surface area contributed by atoms with Gasteiger partial charge in [0.25, 0.3) is 5.56 Å². The first-order valence-corrected chi connectivity index (χ1v) is 5.44. The third kappa shape index (κ3) is 2.36. The Hall–Kier alpha value is -2.26. The minimum Gasteiger partial charge on any atom is -0.347 e. The average Bonchev–Trinajstić information content (AvgIpc) is 2.74. The molecule has 0 aliphatic rings. The number of aromatic nitrogens is 4. The molecule has 0 fully saturated rings. The molecule has 0 aliphatic carbocycles. The maximum atomic E-state index is 12.0. The second-order valence-corrected chi connectivity index (χ2v) is 3.97. The van der Waals surface area contributed by atoms with Gasteiger partial charge in [-0.2, -0.15) is 10.2 Å². The van der Waals surface area contributed by atoms with E-state index in [1.165, 1.54) is 6.20 Å². The molecule has 1 N–H and O–H groups in total. The van der Waals surface area contributed by atoms with Crippen LogP contribution in [0.2, 0.25) is 5.02 Å². The van der Waals surface area contributed by atoms with Crippen LogP contribution in [-0.2, 0) is 13.6 Å². The molecular weight excluding hydrogens is 254 g/mol. The standard InChI is InChI=1S/C11H10ClN5O/c1-3-4-17-11(18)10(9(12)6-14-17)15-8-5-13-16(2)7-8/h1,5-7,15H,4H2,2H3. The van der Waals surface area contributed by atoms with Crippen molar-refractivity contribution in [1.82, 2.24) is 19.6 Å². The molecule has 0 aromatic carbocycles. The molecular formula is C11H10ClN5O. The van der Waals surface area contributed by atoms with E-state index < -0.39 is 0 Å². The van der Waals surface area contributed by atoms with Crippen LogP contribution in [0.15, 0.2) is 23.4 Å². The van der Waals surface area contributed by atoms with Crippen molar-refractivity contribution in [2.45, 2.75) is 6.54 Å². The predicted molar refractivity (Wildman–Crippen MR) is 68.8 cm³/mol. The lowest BCUT2D eigenvalue weighted by atomic mass is 10.4. The Morgan fingerprint density at radius 3 is 2.89 bits per heavy atom. The Balaban J connectivity index is 2.41. The number of terminal acetylenes is 1. The van der Waals surface area contributed by atoms with Gasteiger partial charge in [-0.15, -0.1) is 6.42 Å². The molecule has 18 heavy (non-hydrogen) atoms. The molecule has 0 amide bonds. The molecule has 0 radical (unpaired) electrons. The number of hydrogen-bond acceptors (Lipinski definition) is 4. The maximum Gasteiger partial charge on any atom is 0.292 e. The first kappa shape index (κ1) is 12.2. The van der Waals surface area contributed by atoms with Gasteiger partial charge in [0.2, 0.25) is 0 Å². The van der Waals surface area contributed by atoms with Gasteiger partial charge in [0, 0.05) is 13.2 Å². The summed E-state index contributed by atoms with van der Waals surface area (Å²) in [6.45, 7) is 0.0950. The third-order valence-corrected chi connectivity index (χ3v) is 2.50. The summed E-state index contributed by atoms with van der Waals surface area (Å²) in [5.41, 5.74) is 0.522. The fourth-order valence-electron chi connectivity index (χ4n) is 1.41. The van der Waals surface area contributed by atoms with Crippen molar-refractivity contribution < 1.29 is 0 Å². The lowest BCUT2D eigenvalue weighted by molar-refractivity contribution is 0.665. The number of nitrogens with zero attached hydrogens (tertiary/aromatic N) is 4. The average molecular weight is 264 g/mol. The number of hydrogen-bond donors (Lipinski definition) is 1. The first-order valence-electron chi connectivity index (χ1n) is 5.06. The summed E-state index contributed by atoms with van der Waals surface area (Å²) in [4.78, 5) is 12.0. The topological polar surface area (TPSA) is 64.7 Å². The van der Waals surface area contributed by atoms with Crippen LogP contribution in [0.1, 0.15) is 0 Å². The zero-order chi connectivity index (χ0) is 13.1. The molecule has 2 rings (SSSR count). The van der Waals surface area contributed by atoms with Crippen molar-refractivity contribution in [3.05, 3.63) is 34.0 Å². The van der Waals surface area contributed by atoms with E-state index in [-0.39, 0.29) is 22.8 Å². The Kier molecular flexibility index (Phi) is 3.35. The molecule has 0 unspecified atom stereocenters. The van der Waals surface area contributed by atoms with Gasteiger partial charge in [0.1, 0.15) is 12.2 Å². The van der Waals surface area contributed by atoms with Crippen LogP contribution in [0.4, 0.5) is 11.4 Å².